The lowest BCUT2D eigenvalue weighted by molar-refractivity contribution is -0.115. The van der Waals surface area contributed by atoms with Crippen LogP contribution in [0.4, 0.5) is 5.69 Å². The third-order valence-electron chi connectivity index (χ3n) is 5.48. The highest BCUT2D eigenvalue weighted by Gasteiger charge is 2.14. The molecule has 2 heterocycles. The van der Waals surface area contributed by atoms with Crippen molar-refractivity contribution in [3.8, 4) is 16.3 Å². The van der Waals surface area contributed by atoms with Crippen LogP contribution in [0.2, 0.25) is 0 Å². The highest BCUT2D eigenvalue weighted by molar-refractivity contribution is 7.13. The van der Waals surface area contributed by atoms with E-state index < -0.39 is 0 Å². The Morgan fingerprint density at radius 2 is 1.84 bits per heavy atom. The van der Waals surface area contributed by atoms with Crippen molar-refractivity contribution >= 4 is 22.9 Å². The first-order valence-corrected chi connectivity index (χ1v) is 11.4. The summed E-state index contributed by atoms with van der Waals surface area (Å²) in [6, 6.07) is 16.0. The molecule has 0 spiro atoms. The van der Waals surface area contributed by atoms with Gasteiger partial charge in [0, 0.05) is 43.7 Å². The number of likely N-dealkylation sites (N-methyl/N-ethyl adjacent to an activating group) is 1. The summed E-state index contributed by atoms with van der Waals surface area (Å²) < 4.78 is 5.29. The minimum Gasteiger partial charge on any atom is -0.495 e. The van der Waals surface area contributed by atoms with E-state index in [4.69, 9.17) is 4.74 Å². The standard InChI is InChI=1S/C24H28N4O2S/c1-27-11-13-28(14-12-27)16-18-7-9-19(10-8-18)24-25-20(17-31-24)15-23(29)26-21-5-3-4-6-22(21)30-2/h3-10,17H,11-16H2,1-2H3,(H,26,29). The van der Waals surface area contributed by atoms with Crippen molar-refractivity contribution in [1.82, 2.24) is 14.8 Å². The second-order valence-electron chi connectivity index (χ2n) is 7.85. The number of thiazole rings is 1. The Morgan fingerprint density at radius 1 is 1.10 bits per heavy atom. The Bertz CT molecular complexity index is 1010. The molecule has 2 aromatic carbocycles. The third-order valence-corrected chi connectivity index (χ3v) is 6.42. The molecule has 1 aromatic heterocycles. The molecule has 0 atom stereocenters. The molecule has 0 saturated carbocycles. The van der Waals surface area contributed by atoms with Crippen LogP contribution in [0.5, 0.6) is 5.75 Å². The van der Waals surface area contributed by atoms with Gasteiger partial charge in [0.05, 0.1) is 24.9 Å². The molecule has 1 amide bonds. The fraction of sp³-hybridized carbons (Fsp3) is 0.333. The van der Waals surface area contributed by atoms with Crippen molar-refractivity contribution in [2.24, 2.45) is 0 Å². The van der Waals surface area contributed by atoms with Gasteiger partial charge < -0.3 is 15.0 Å². The number of rotatable bonds is 7. The maximum Gasteiger partial charge on any atom is 0.230 e. The largest absolute Gasteiger partial charge is 0.495 e. The minimum atomic E-state index is -0.108. The maximum atomic E-state index is 12.4. The van der Waals surface area contributed by atoms with Gasteiger partial charge in [0.25, 0.3) is 0 Å². The second kappa shape index (κ2) is 10.0. The number of hydrogen-bond donors (Lipinski definition) is 1. The average Bonchev–Trinajstić information content (AvgIpc) is 3.24. The molecule has 162 valence electrons. The molecule has 1 N–H and O–H groups in total. The molecule has 31 heavy (non-hydrogen) atoms. The molecule has 1 saturated heterocycles. The normalized spacial score (nSPS) is 15.0. The van der Waals surface area contributed by atoms with E-state index in [1.165, 1.54) is 5.56 Å². The summed E-state index contributed by atoms with van der Waals surface area (Å²) in [7, 11) is 3.77. The van der Waals surface area contributed by atoms with Crippen molar-refractivity contribution in [3.63, 3.8) is 0 Å². The molecule has 0 unspecified atom stereocenters. The van der Waals surface area contributed by atoms with Gasteiger partial charge in [0.15, 0.2) is 0 Å². The van der Waals surface area contributed by atoms with Crippen molar-refractivity contribution in [2.75, 3.05) is 45.7 Å². The fourth-order valence-corrected chi connectivity index (χ4v) is 4.47. The van der Waals surface area contributed by atoms with E-state index in [1.54, 1.807) is 18.4 Å². The number of methoxy groups -OCH3 is 1. The number of hydrogen-bond acceptors (Lipinski definition) is 6. The van der Waals surface area contributed by atoms with Gasteiger partial charge in [-0.2, -0.15) is 0 Å². The molecule has 1 aliphatic heterocycles. The smallest absolute Gasteiger partial charge is 0.230 e. The Labute approximate surface area is 187 Å². The second-order valence-corrected chi connectivity index (χ2v) is 8.70. The highest BCUT2D eigenvalue weighted by Crippen LogP contribution is 2.26. The number of carbonyl (C=O) groups is 1. The molecule has 1 fully saturated rings. The highest BCUT2D eigenvalue weighted by atomic mass is 32.1. The van der Waals surface area contributed by atoms with E-state index in [1.807, 2.05) is 29.6 Å². The first-order valence-electron chi connectivity index (χ1n) is 10.5. The lowest BCUT2D eigenvalue weighted by Crippen LogP contribution is -2.43. The number of carbonyl (C=O) groups excluding carboxylic acids is 1. The number of nitrogens with one attached hydrogen (secondary N) is 1. The van der Waals surface area contributed by atoms with E-state index in [2.05, 4.69) is 51.4 Å². The Hall–Kier alpha value is -2.74. The number of benzene rings is 2. The molecular weight excluding hydrogens is 408 g/mol. The number of ether oxygens (including phenoxy) is 1. The number of anilines is 1. The number of aromatic nitrogens is 1. The average molecular weight is 437 g/mol. The summed E-state index contributed by atoms with van der Waals surface area (Å²) in [6.07, 6.45) is 0.232. The van der Waals surface area contributed by atoms with Crippen LogP contribution >= 0.6 is 11.3 Å². The zero-order chi connectivity index (χ0) is 21.6. The molecule has 1 aliphatic rings. The van der Waals surface area contributed by atoms with Crippen LogP contribution in [-0.4, -0.2) is 61.0 Å². The van der Waals surface area contributed by atoms with Gasteiger partial charge in [-0.15, -0.1) is 11.3 Å². The van der Waals surface area contributed by atoms with Crippen LogP contribution in [-0.2, 0) is 17.8 Å². The predicted molar refractivity (Wildman–Crippen MR) is 126 cm³/mol. The molecule has 4 rings (SSSR count). The van der Waals surface area contributed by atoms with Crippen molar-refractivity contribution in [2.45, 2.75) is 13.0 Å². The van der Waals surface area contributed by atoms with Crippen LogP contribution in [0.3, 0.4) is 0 Å². The summed E-state index contributed by atoms with van der Waals surface area (Å²) in [5.74, 6) is 0.537. The van der Waals surface area contributed by atoms with Crippen molar-refractivity contribution in [1.29, 1.82) is 0 Å². The van der Waals surface area contributed by atoms with Crippen LogP contribution in [0, 0.1) is 0 Å². The number of nitrogens with zero attached hydrogens (tertiary/aromatic N) is 3. The molecule has 6 nitrogen and oxygen atoms in total. The SMILES string of the molecule is COc1ccccc1NC(=O)Cc1csc(-c2ccc(CN3CCN(C)CC3)cc2)n1. The van der Waals surface area contributed by atoms with Crippen LogP contribution in [0.1, 0.15) is 11.3 Å². The maximum absolute atomic E-state index is 12.4. The summed E-state index contributed by atoms with van der Waals surface area (Å²) in [5, 5.41) is 5.79. The number of para-hydroxylation sites is 2. The molecule has 0 aliphatic carbocycles. The van der Waals surface area contributed by atoms with Gasteiger partial charge in [0.2, 0.25) is 5.91 Å². The monoisotopic (exact) mass is 436 g/mol. The zero-order valence-corrected chi connectivity index (χ0v) is 18.8. The quantitative estimate of drug-likeness (QED) is 0.611. The predicted octanol–water partition coefficient (Wildman–Crippen LogP) is 3.75. The summed E-state index contributed by atoms with van der Waals surface area (Å²) in [5.41, 5.74) is 3.85. The molecule has 0 radical (unpaired) electrons. The van der Waals surface area contributed by atoms with E-state index in [9.17, 15) is 4.79 Å². The number of amides is 1. The molecular formula is C24H28N4O2S. The van der Waals surface area contributed by atoms with Crippen molar-refractivity contribution < 1.29 is 9.53 Å². The Morgan fingerprint density at radius 3 is 2.58 bits per heavy atom. The Kier molecular flexibility index (Phi) is 6.96. The van der Waals surface area contributed by atoms with E-state index in [0.29, 0.717) is 11.4 Å². The minimum absolute atomic E-state index is 0.108. The third kappa shape index (κ3) is 5.70. The van der Waals surface area contributed by atoms with E-state index >= 15 is 0 Å². The molecule has 0 bridgehead atoms. The topological polar surface area (TPSA) is 57.7 Å². The fourth-order valence-electron chi connectivity index (χ4n) is 3.64. The van der Waals surface area contributed by atoms with E-state index in [0.717, 1.165) is 49.0 Å². The summed E-state index contributed by atoms with van der Waals surface area (Å²) in [4.78, 5) is 22.0. The van der Waals surface area contributed by atoms with Crippen LogP contribution in [0.15, 0.2) is 53.9 Å². The van der Waals surface area contributed by atoms with Gasteiger partial charge in [-0.3, -0.25) is 9.69 Å². The van der Waals surface area contributed by atoms with Gasteiger partial charge in [-0.05, 0) is 24.7 Å². The summed E-state index contributed by atoms with van der Waals surface area (Å²) >= 11 is 1.57. The van der Waals surface area contributed by atoms with Crippen molar-refractivity contribution in [3.05, 3.63) is 65.2 Å². The van der Waals surface area contributed by atoms with Gasteiger partial charge >= 0.3 is 0 Å². The molecule has 3 aromatic rings. The zero-order valence-electron chi connectivity index (χ0n) is 18.0. The molecule has 7 heteroatoms. The summed E-state index contributed by atoms with van der Waals surface area (Å²) in [6.45, 7) is 5.48. The Balaban J connectivity index is 1.34. The lowest BCUT2D eigenvalue weighted by atomic mass is 10.1. The van der Waals surface area contributed by atoms with Gasteiger partial charge in [-0.1, -0.05) is 36.4 Å². The van der Waals surface area contributed by atoms with Gasteiger partial charge in [-0.25, -0.2) is 4.98 Å². The number of piperazine rings is 1. The first kappa shape index (κ1) is 21.5. The van der Waals surface area contributed by atoms with Crippen LogP contribution < -0.4 is 10.1 Å². The van der Waals surface area contributed by atoms with Gasteiger partial charge in [0.1, 0.15) is 10.8 Å². The van der Waals surface area contributed by atoms with Crippen LogP contribution in [0.25, 0.3) is 10.6 Å². The lowest BCUT2D eigenvalue weighted by Gasteiger charge is -2.32. The first-order chi connectivity index (χ1) is 15.1. The van der Waals surface area contributed by atoms with E-state index in [-0.39, 0.29) is 12.3 Å².